The Hall–Kier alpha value is -5.32. The Bertz CT molecular complexity index is 1790. The van der Waals surface area contributed by atoms with Crippen LogP contribution in [0.5, 0.6) is 11.5 Å². The number of ketones is 1. The highest BCUT2D eigenvalue weighted by Gasteiger charge is 2.22. The molecule has 0 radical (unpaired) electrons. The molecule has 0 aliphatic heterocycles. The third kappa shape index (κ3) is 8.20. The highest BCUT2D eigenvalue weighted by atomic mass is 19.1. The number of benzene rings is 2. The zero-order chi connectivity index (χ0) is 32.0. The summed E-state index contributed by atoms with van der Waals surface area (Å²) >= 11 is 0. The summed E-state index contributed by atoms with van der Waals surface area (Å²) in [4.78, 5) is 34.2. The molecule has 3 aromatic heterocycles. The molecular weight excluding hydrogens is 573 g/mol. The van der Waals surface area contributed by atoms with E-state index in [1.807, 2.05) is 44.5 Å². The van der Waals surface area contributed by atoms with Gasteiger partial charge in [-0.2, -0.15) is 5.10 Å². The van der Waals surface area contributed by atoms with E-state index in [0.29, 0.717) is 29.2 Å². The number of carbonyl (C=O) groups excluding carboxylic acids is 2. The molecule has 2 amide bonds. The molecule has 0 spiro atoms. The largest absolute Gasteiger partial charge is 0.457 e. The molecule has 0 aliphatic carbocycles. The predicted octanol–water partition coefficient (Wildman–Crippen LogP) is 7.70. The molecule has 2 aromatic carbocycles. The van der Waals surface area contributed by atoms with Crippen LogP contribution in [0.1, 0.15) is 61.8 Å². The minimum Gasteiger partial charge on any atom is -0.457 e. The summed E-state index contributed by atoms with van der Waals surface area (Å²) in [5.74, 6) is 0.549. The van der Waals surface area contributed by atoms with E-state index in [1.165, 1.54) is 12.1 Å². The van der Waals surface area contributed by atoms with Gasteiger partial charge in [0.1, 0.15) is 23.1 Å². The standard InChI is InChI=1S/C34H36FN7O3/c1-23-18-27(13-14-37-23)45-26-11-12-29(28(35)20-26)38-33(44)39-32-21-31(34(2,3)4)40-42(32)25-9-7-8-24(19-25)30(43)10-5-6-16-41-17-15-36-22-41/h7-9,11-15,17-22H,5-6,10,16H2,1-4H3,(H2,38,39,44). The molecule has 232 valence electrons. The summed E-state index contributed by atoms with van der Waals surface area (Å²) in [5, 5.41) is 10.1. The van der Waals surface area contributed by atoms with Gasteiger partial charge in [0.25, 0.3) is 0 Å². The van der Waals surface area contributed by atoms with Crippen LogP contribution in [0.2, 0.25) is 0 Å². The van der Waals surface area contributed by atoms with Crippen molar-refractivity contribution in [3.8, 4) is 17.2 Å². The van der Waals surface area contributed by atoms with Gasteiger partial charge in [-0.3, -0.25) is 15.1 Å². The van der Waals surface area contributed by atoms with E-state index in [-0.39, 0.29) is 22.6 Å². The third-order valence-corrected chi connectivity index (χ3v) is 7.05. The maximum absolute atomic E-state index is 15.0. The van der Waals surface area contributed by atoms with E-state index in [4.69, 9.17) is 9.84 Å². The van der Waals surface area contributed by atoms with Gasteiger partial charge in [0.15, 0.2) is 5.78 Å². The fraction of sp³-hybridized carbons (Fsp3) is 0.265. The SMILES string of the molecule is Cc1cc(Oc2ccc(NC(=O)Nc3cc(C(C)(C)C)nn3-c3cccc(C(=O)CCCCn4ccnc4)c3)c(F)c2)ccn1. The average molecular weight is 610 g/mol. The molecule has 0 fully saturated rings. The fourth-order valence-electron chi connectivity index (χ4n) is 4.64. The maximum Gasteiger partial charge on any atom is 0.324 e. The smallest absolute Gasteiger partial charge is 0.324 e. The van der Waals surface area contributed by atoms with E-state index < -0.39 is 11.8 Å². The molecule has 2 N–H and O–H groups in total. The Labute approximate surface area is 261 Å². The Kier molecular flexibility index (Phi) is 9.36. The summed E-state index contributed by atoms with van der Waals surface area (Å²) in [6, 6.07) is 15.9. The van der Waals surface area contributed by atoms with Gasteiger partial charge in [-0.1, -0.05) is 32.9 Å². The fourth-order valence-corrected chi connectivity index (χ4v) is 4.64. The summed E-state index contributed by atoms with van der Waals surface area (Å²) in [6.07, 6.45) is 9.03. The van der Waals surface area contributed by atoms with Crippen molar-refractivity contribution in [2.45, 2.75) is 58.9 Å². The molecule has 10 nitrogen and oxygen atoms in total. The molecule has 0 bridgehead atoms. The van der Waals surface area contributed by atoms with Gasteiger partial charge < -0.3 is 14.6 Å². The summed E-state index contributed by atoms with van der Waals surface area (Å²) in [5.41, 5.74) is 2.33. The lowest BCUT2D eigenvalue weighted by Gasteiger charge is -2.14. The molecule has 0 atom stereocenters. The highest BCUT2D eigenvalue weighted by Crippen LogP contribution is 2.28. The van der Waals surface area contributed by atoms with Gasteiger partial charge in [0, 0.05) is 66.4 Å². The van der Waals surface area contributed by atoms with E-state index in [0.717, 1.165) is 30.8 Å². The number of urea groups is 1. The van der Waals surface area contributed by atoms with Crippen molar-refractivity contribution in [1.29, 1.82) is 0 Å². The van der Waals surface area contributed by atoms with E-state index in [9.17, 15) is 14.0 Å². The molecule has 3 heterocycles. The van der Waals surface area contributed by atoms with Crippen molar-refractivity contribution < 1.29 is 18.7 Å². The molecule has 5 aromatic rings. The molecule has 45 heavy (non-hydrogen) atoms. The van der Waals surface area contributed by atoms with E-state index in [2.05, 4.69) is 20.6 Å². The number of amides is 2. The van der Waals surface area contributed by atoms with Crippen LogP contribution in [0, 0.1) is 12.7 Å². The third-order valence-electron chi connectivity index (χ3n) is 7.05. The molecule has 0 aliphatic rings. The number of nitrogens with zero attached hydrogens (tertiary/aromatic N) is 5. The minimum atomic E-state index is -0.659. The van der Waals surface area contributed by atoms with Crippen molar-refractivity contribution in [1.82, 2.24) is 24.3 Å². The lowest BCUT2D eigenvalue weighted by molar-refractivity contribution is 0.0979. The molecule has 5 rings (SSSR count). The summed E-state index contributed by atoms with van der Waals surface area (Å²) in [6.45, 7) is 8.68. The molecule has 11 heteroatoms. The second-order valence-corrected chi connectivity index (χ2v) is 11.8. The lowest BCUT2D eigenvalue weighted by Crippen LogP contribution is -2.22. The maximum atomic E-state index is 15.0. The van der Waals surface area contributed by atoms with Crippen molar-refractivity contribution in [3.05, 3.63) is 108 Å². The first-order valence-electron chi connectivity index (χ1n) is 14.7. The molecule has 0 saturated heterocycles. The first-order chi connectivity index (χ1) is 21.5. The first-order valence-corrected chi connectivity index (χ1v) is 14.7. The Morgan fingerprint density at radius 3 is 2.51 bits per heavy atom. The number of aromatic nitrogens is 5. The number of Topliss-reactive ketones (excluding diaryl/α,β-unsaturated/α-hetero) is 1. The van der Waals surface area contributed by atoms with Crippen LogP contribution >= 0.6 is 0 Å². The van der Waals surface area contributed by atoms with Gasteiger partial charge in [0.05, 0.1) is 23.4 Å². The van der Waals surface area contributed by atoms with Gasteiger partial charge in [-0.05, 0) is 50.1 Å². The number of aryl methyl sites for hydroxylation is 2. The summed E-state index contributed by atoms with van der Waals surface area (Å²) < 4.78 is 24.2. The van der Waals surface area contributed by atoms with Crippen LogP contribution in [-0.2, 0) is 12.0 Å². The number of halogens is 1. The topological polar surface area (TPSA) is 116 Å². The highest BCUT2D eigenvalue weighted by molar-refractivity contribution is 6.00. The van der Waals surface area contributed by atoms with E-state index in [1.54, 1.807) is 65.9 Å². The van der Waals surface area contributed by atoms with E-state index >= 15 is 0 Å². The monoisotopic (exact) mass is 609 g/mol. The van der Waals surface area contributed by atoms with Crippen LogP contribution < -0.4 is 15.4 Å². The zero-order valence-electron chi connectivity index (χ0n) is 25.8. The number of anilines is 2. The van der Waals surface area contributed by atoms with Crippen LogP contribution in [0.3, 0.4) is 0 Å². The van der Waals surface area contributed by atoms with Crippen LogP contribution in [-0.4, -0.2) is 36.1 Å². The lowest BCUT2D eigenvalue weighted by atomic mass is 9.92. The second kappa shape index (κ2) is 13.5. The number of carbonyl (C=O) groups is 2. The van der Waals surface area contributed by atoms with Gasteiger partial charge in [-0.15, -0.1) is 0 Å². The Morgan fingerprint density at radius 2 is 1.78 bits per heavy atom. The number of nitrogens with one attached hydrogen (secondary N) is 2. The van der Waals surface area contributed by atoms with Crippen molar-refractivity contribution in [2.24, 2.45) is 0 Å². The number of hydrogen-bond acceptors (Lipinski definition) is 6. The summed E-state index contributed by atoms with van der Waals surface area (Å²) in [7, 11) is 0. The number of imidazole rings is 1. The average Bonchev–Trinajstić information content (AvgIpc) is 3.67. The first kappa shape index (κ1) is 31.1. The Morgan fingerprint density at radius 1 is 0.956 bits per heavy atom. The second-order valence-electron chi connectivity index (χ2n) is 11.8. The van der Waals surface area contributed by atoms with Crippen LogP contribution in [0.4, 0.5) is 20.7 Å². The van der Waals surface area contributed by atoms with Gasteiger partial charge >= 0.3 is 6.03 Å². The molecular formula is C34H36FN7O3. The van der Waals surface area contributed by atoms with Crippen molar-refractivity contribution in [3.63, 3.8) is 0 Å². The number of unbranched alkanes of at least 4 members (excludes halogenated alkanes) is 1. The Balaban J connectivity index is 1.28. The minimum absolute atomic E-state index is 0.0199. The van der Waals surface area contributed by atoms with Crippen LogP contribution in [0.25, 0.3) is 5.69 Å². The number of rotatable bonds is 11. The van der Waals surface area contributed by atoms with Crippen molar-refractivity contribution in [2.75, 3.05) is 10.6 Å². The number of pyridine rings is 1. The van der Waals surface area contributed by atoms with Gasteiger partial charge in [-0.25, -0.2) is 18.9 Å². The van der Waals surface area contributed by atoms with Crippen LogP contribution in [0.15, 0.2) is 85.6 Å². The number of ether oxygens (including phenoxy) is 1. The quantitative estimate of drug-likeness (QED) is 0.117. The predicted molar refractivity (Wildman–Crippen MR) is 171 cm³/mol. The van der Waals surface area contributed by atoms with Gasteiger partial charge in [0.2, 0.25) is 0 Å². The molecule has 0 saturated carbocycles. The molecule has 0 unspecified atom stereocenters. The van der Waals surface area contributed by atoms with Crippen molar-refractivity contribution >= 4 is 23.3 Å². The normalized spacial score (nSPS) is 11.3. The zero-order valence-corrected chi connectivity index (χ0v) is 25.8. The number of hydrogen-bond donors (Lipinski definition) is 2.